The zero-order valence-electron chi connectivity index (χ0n) is 62.3. The molecule has 9 unspecified atom stereocenters. The molecule has 2 N–H and O–H groups in total. The largest absolute Gasteiger partial charge is 0.414 e. The molecule has 526 valence electrons. The van der Waals surface area contributed by atoms with Gasteiger partial charge in [0.2, 0.25) is 0 Å². The Bertz CT molecular complexity index is 2300. The van der Waals surface area contributed by atoms with E-state index in [9.17, 15) is 10.2 Å². The lowest BCUT2D eigenvalue weighted by atomic mass is 9.79. The first-order valence-electron chi connectivity index (χ1n) is 35.0. The van der Waals surface area contributed by atoms with Gasteiger partial charge in [-0.1, -0.05) is 147 Å². The van der Waals surface area contributed by atoms with Gasteiger partial charge in [-0.25, -0.2) is 0 Å². The van der Waals surface area contributed by atoms with E-state index in [1.54, 1.807) is 0 Å². The highest BCUT2D eigenvalue weighted by molar-refractivity contribution is 14.1. The molecule has 5 heterocycles. The van der Waals surface area contributed by atoms with Gasteiger partial charge in [0.1, 0.15) is 24.4 Å². The minimum absolute atomic E-state index is 0.00372. The zero-order chi connectivity index (χ0) is 68.3. The van der Waals surface area contributed by atoms with Crippen molar-refractivity contribution in [3.8, 4) is 0 Å². The van der Waals surface area contributed by atoms with Crippen LogP contribution in [-0.4, -0.2) is 170 Å². The predicted octanol–water partition coefficient (Wildman–Crippen LogP) is 18.0. The molecule has 0 radical (unpaired) electrons. The quantitative estimate of drug-likeness (QED) is 0.0417. The molecule has 18 atom stereocenters. The van der Waals surface area contributed by atoms with Gasteiger partial charge in [-0.05, 0) is 188 Å². The average Bonchev–Trinajstić information content (AvgIpc) is 0.899. The average molecular weight is 1470 g/mol. The standard InChI is InChI=1S/C71H137IO13Si5/c1-47-39-52(32-34-56-48(2)40-51(77-56)31-30-38-73)78-59(49(47)3)44-60-55(62(75-19)61(80-60)43-54(82-87(22,23)68(7,8)9)46-76-86(20,21)67(4,5)6)42-50(45-74)41-53-33-35-57-63(79-53)65(84-89(26,27)70(13,14)15)66(85-90(28,29)71(16,17)18)64(81-57)58(36-37-72)83-88(24,25)69(10,11)12/h36-37,47,50-66,73-74H,2-3,30-35,38-46H2,1,4-29H3/b37-36+/t47-,50?,51+,52+,53?,54?,55+,56?,57+,58?,59?,60+,61?,62-,63+,64+,65?,66?/m1/s1. The summed E-state index contributed by atoms with van der Waals surface area (Å²) >= 11 is 2.34. The van der Waals surface area contributed by atoms with E-state index in [0.29, 0.717) is 32.3 Å². The minimum atomic E-state index is -2.48. The van der Waals surface area contributed by atoms with E-state index in [0.717, 1.165) is 62.5 Å². The van der Waals surface area contributed by atoms with Gasteiger partial charge in [0.05, 0.1) is 73.8 Å². The van der Waals surface area contributed by atoms with Gasteiger partial charge >= 0.3 is 0 Å². The van der Waals surface area contributed by atoms with Crippen molar-refractivity contribution in [1.82, 2.24) is 0 Å². The number of hydrogen-bond acceptors (Lipinski definition) is 13. The maximum atomic E-state index is 11.8. The van der Waals surface area contributed by atoms with Crippen LogP contribution in [0.4, 0.5) is 0 Å². The van der Waals surface area contributed by atoms with Crippen LogP contribution in [0.15, 0.2) is 34.5 Å². The van der Waals surface area contributed by atoms with Crippen LogP contribution in [0, 0.1) is 17.8 Å². The number of ether oxygens (including phenoxy) is 6. The first kappa shape index (κ1) is 81.2. The third-order valence-corrected chi connectivity index (χ3v) is 46.7. The van der Waals surface area contributed by atoms with E-state index < -0.39 is 66.0 Å². The molecule has 13 nitrogen and oxygen atoms in total. The Morgan fingerprint density at radius 3 is 1.69 bits per heavy atom. The molecule has 5 saturated heterocycles. The molecular weight excluding hydrogens is 1330 g/mol. The Labute approximate surface area is 570 Å². The molecule has 0 aromatic carbocycles. The van der Waals surface area contributed by atoms with Crippen LogP contribution in [0.1, 0.15) is 188 Å². The summed E-state index contributed by atoms with van der Waals surface area (Å²) in [5.41, 5.74) is 2.25. The number of methoxy groups -OCH3 is 1. The van der Waals surface area contributed by atoms with Gasteiger partial charge in [0.25, 0.3) is 0 Å². The molecular formula is C71H137IO13Si5. The second kappa shape index (κ2) is 31.8. The van der Waals surface area contributed by atoms with Crippen LogP contribution in [-0.2, 0) is 50.6 Å². The number of halogens is 1. The van der Waals surface area contributed by atoms with Crippen molar-refractivity contribution in [2.75, 3.05) is 26.9 Å². The topological polar surface area (TPSA) is 142 Å². The summed E-state index contributed by atoms with van der Waals surface area (Å²) in [6.45, 7) is 70.0. The molecule has 0 bridgehead atoms. The number of hydrogen-bond donors (Lipinski definition) is 2. The van der Waals surface area contributed by atoms with Gasteiger partial charge in [0, 0.05) is 39.1 Å². The van der Waals surface area contributed by atoms with Crippen molar-refractivity contribution in [3.05, 3.63) is 34.5 Å². The molecule has 0 spiro atoms. The second-order valence-corrected chi connectivity index (χ2v) is 60.5. The van der Waals surface area contributed by atoms with Gasteiger partial charge in [-0.2, -0.15) is 0 Å². The molecule has 0 aromatic rings. The summed E-state index contributed by atoms with van der Waals surface area (Å²) in [5, 5.41) is 21.1. The normalized spacial score (nSPS) is 32.0. The molecule has 90 heavy (non-hydrogen) atoms. The van der Waals surface area contributed by atoms with E-state index in [4.69, 9.17) is 57.1 Å². The summed E-state index contributed by atoms with van der Waals surface area (Å²) < 4.78 is 82.6. The summed E-state index contributed by atoms with van der Waals surface area (Å²) in [4.78, 5) is 0. The zero-order valence-corrected chi connectivity index (χ0v) is 69.5. The fourth-order valence-corrected chi connectivity index (χ4v) is 19.4. The van der Waals surface area contributed by atoms with E-state index in [1.807, 2.05) is 7.11 Å². The molecule has 5 aliphatic rings. The summed E-state index contributed by atoms with van der Waals surface area (Å²) in [6.07, 6.45) is 7.71. The summed E-state index contributed by atoms with van der Waals surface area (Å²) in [7, 11) is -9.88. The molecule has 5 aliphatic heterocycles. The minimum Gasteiger partial charge on any atom is -0.414 e. The van der Waals surface area contributed by atoms with Crippen LogP contribution < -0.4 is 0 Å². The van der Waals surface area contributed by atoms with E-state index >= 15 is 0 Å². The lowest BCUT2D eigenvalue weighted by molar-refractivity contribution is -0.268. The van der Waals surface area contributed by atoms with Crippen molar-refractivity contribution < 1.29 is 60.8 Å². The number of aliphatic hydroxyl groups is 2. The monoisotopic (exact) mass is 1460 g/mol. The van der Waals surface area contributed by atoms with Gasteiger partial charge in [0.15, 0.2) is 41.6 Å². The van der Waals surface area contributed by atoms with Gasteiger partial charge in [-0.15, -0.1) is 0 Å². The maximum Gasteiger partial charge on any atom is 0.193 e. The van der Waals surface area contributed by atoms with Gasteiger partial charge in [-0.3, -0.25) is 0 Å². The molecule has 19 heteroatoms. The fourth-order valence-electron chi connectivity index (χ4n) is 12.7. The highest BCUT2D eigenvalue weighted by Gasteiger charge is 2.59. The lowest BCUT2D eigenvalue weighted by Gasteiger charge is -2.56. The SMILES string of the molecule is C=C1C[C@H](CCCO)OC1CC[C@H]1C[C@@H](C)C(=C)C(C[C@@H]2OC(CC(CO[Si](C)(C)C(C)(C)C)O[Si](C)(C)C(C)(C)C)[C@H](OC)[C@H]2CC(CO)CC2CC[C@@H]3O[C@@H](C(/C=C/I)O[Si](C)(C)C(C)(C)C)C(O[Si](C)(C)C(C)(C)C)C(O[Si](C)(C)C(C)(C)C)[C@H]3O2)O1. The molecule has 0 amide bonds. The first-order chi connectivity index (χ1) is 41.0. The Hall–Kier alpha value is 0.514. The summed E-state index contributed by atoms with van der Waals surface area (Å²) in [5.74, 6) is 0.0466. The fraction of sp³-hybridized carbons (Fsp3) is 0.915. The first-order valence-corrected chi connectivity index (χ1v) is 50.8. The molecule has 0 aromatic heterocycles. The van der Waals surface area contributed by atoms with E-state index in [2.05, 4.69) is 216 Å². The van der Waals surface area contributed by atoms with E-state index in [-0.39, 0.29) is 123 Å². The Kier molecular flexibility index (Phi) is 28.7. The van der Waals surface area contributed by atoms with Crippen molar-refractivity contribution in [2.24, 2.45) is 17.8 Å². The lowest BCUT2D eigenvalue weighted by Crippen LogP contribution is -2.69. The van der Waals surface area contributed by atoms with Crippen molar-refractivity contribution in [2.45, 2.75) is 370 Å². The summed E-state index contributed by atoms with van der Waals surface area (Å²) in [6, 6.07) is 0. The molecule has 5 rings (SSSR count). The number of aliphatic hydroxyl groups excluding tert-OH is 2. The van der Waals surface area contributed by atoms with Gasteiger partial charge < -0.3 is 60.8 Å². The maximum absolute atomic E-state index is 11.8. The molecule has 0 saturated carbocycles. The Morgan fingerprint density at radius 1 is 0.600 bits per heavy atom. The Morgan fingerprint density at radius 2 is 1.16 bits per heavy atom. The highest BCUT2D eigenvalue weighted by Crippen LogP contribution is 2.50. The molecule has 5 fully saturated rings. The second-order valence-electron chi connectivity index (χ2n) is 35.9. The third-order valence-electron chi connectivity index (χ3n) is 23.8. The van der Waals surface area contributed by atoms with Crippen LogP contribution in [0.5, 0.6) is 0 Å². The number of fused-ring (bicyclic) bond motifs is 1. The molecule has 0 aliphatic carbocycles. The third kappa shape index (κ3) is 20.8. The Balaban J connectivity index is 1.53. The van der Waals surface area contributed by atoms with Crippen LogP contribution in [0.25, 0.3) is 0 Å². The predicted molar refractivity (Wildman–Crippen MR) is 393 cm³/mol. The highest BCUT2D eigenvalue weighted by atomic mass is 127. The van der Waals surface area contributed by atoms with E-state index in [1.165, 1.54) is 0 Å². The van der Waals surface area contributed by atoms with Crippen LogP contribution in [0.3, 0.4) is 0 Å². The number of rotatable bonds is 29. The van der Waals surface area contributed by atoms with Crippen molar-refractivity contribution >= 4 is 64.2 Å². The van der Waals surface area contributed by atoms with Crippen LogP contribution >= 0.6 is 22.6 Å². The smallest absolute Gasteiger partial charge is 0.193 e. The van der Waals surface area contributed by atoms with Crippen molar-refractivity contribution in [3.63, 3.8) is 0 Å². The van der Waals surface area contributed by atoms with Crippen LogP contribution in [0.2, 0.25) is 90.7 Å². The van der Waals surface area contributed by atoms with Crippen molar-refractivity contribution in [1.29, 1.82) is 0 Å².